The van der Waals surface area contributed by atoms with Gasteiger partial charge in [0, 0.05) is 20.6 Å². The Bertz CT molecular complexity index is 1010. The molecule has 0 spiro atoms. The molecule has 0 radical (unpaired) electrons. The molecule has 3 aromatic rings. The lowest BCUT2D eigenvalue weighted by molar-refractivity contribution is -0.137. The normalized spacial score (nSPS) is 11.1. The number of nitrogens with one attached hydrogen (secondary N) is 1. The van der Waals surface area contributed by atoms with Gasteiger partial charge in [0.15, 0.2) is 11.6 Å². The fourth-order valence-corrected chi connectivity index (χ4v) is 2.52. The molecule has 0 saturated carbocycles. The maximum atomic E-state index is 12.9. The Morgan fingerprint density at radius 2 is 1.96 bits per heavy atom. The van der Waals surface area contributed by atoms with E-state index in [1.165, 1.54) is 12.3 Å². The van der Waals surface area contributed by atoms with Gasteiger partial charge in [-0.2, -0.15) is 23.4 Å². The average Bonchev–Trinajstić information content (AvgIpc) is 3.19. The molecule has 0 fully saturated rings. The summed E-state index contributed by atoms with van der Waals surface area (Å²) in [6.45, 7) is 0.0556. The van der Waals surface area contributed by atoms with E-state index >= 15 is 0 Å². The molecule has 9 heteroatoms. The number of benzene rings is 1. The number of alkyl halides is 3. The molecule has 0 unspecified atom stereocenters. The molecular weight excluding hydrogens is 371 g/mol. The summed E-state index contributed by atoms with van der Waals surface area (Å²) in [5.41, 5.74) is 0.119. The quantitative estimate of drug-likeness (QED) is 0.703. The van der Waals surface area contributed by atoms with Gasteiger partial charge in [-0.25, -0.2) is 4.98 Å². The fraction of sp³-hybridized carbons (Fsp3) is 0.211. The Morgan fingerprint density at radius 1 is 1.18 bits per heavy atom. The highest BCUT2D eigenvalue weighted by atomic mass is 19.4. The van der Waals surface area contributed by atoms with Crippen molar-refractivity contribution in [1.29, 1.82) is 5.26 Å². The van der Waals surface area contributed by atoms with Crippen molar-refractivity contribution in [3.63, 3.8) is 0 Å². The van der Waals surface area contributed by atoms with Crippen molar-refractivity contribution in [2.24, 2.45) is 0 Å². The molecule has 28 heavy (non-hydrogen) atoms. The molecule has 0 saturated heterocycles. The number of anilines is 2. The summed E-state index contributed by atoms with van der Waals surface area (Å²) >= 11 is 0. The van der Waals surface area contributed by atoms with Crippen molar-refractivity contribution in [3.8, 4) is 17.5 Å². The number of nitrogens with zero attached hydrogens (tertiary/aromatic N) is 4. The Kier molecular flexibility index (Phi) is 5.22. The second kappa shape index (κ2) is 7.60. The Morgan fingerprint density at radius 3 is 2.57 bits per heavy atom. The third-order valence-electron chi connectivity index (χ3n) is 3.88. The van der Waals surface area contributed by atoms with E-state index in [1.54, 1.807) is 37.2 Å². The molecule has 3 rings (SSSR count). The fourth-order valence-electron chi connectivity index (χ4n) is 2.52. The zero-order valence-electron chi connectivity index (χ0n) is 15.1. The predicted octanol–water partition coefficient (Wildman–Crippen LogP) is 4.31. The van der Waals surface area contributed by atoms with Crippen LogP contribution in [0.4, 0.5) is 24.9 Å². The van der Waals surface area contributed by atoms with Crippen LogP contribution in [0.3, 0.4) is 0 Å². The second-order valence-corrected chi connectivity index (χ2v) is 6.13. The summed E-state index contributed by atoms with van der Waals surface area (Å²) in [6, 6.07) is 10.3. The van der Waals surface area contributed by atoms with Crippen molar-refractivity contribution < 1.29 is 17.6 Å². The van der Waals surface area contributed by atoms with Crippen LogP contribution in [0, 0.1) is 11.3 Å². The lowest BCUT2D eigenvalue weighted by Gasteiger charge is -2.16. The molecule has 2 aromatic heterocycles. The molecular formula is C19H16F3N5O. The van der Waals surface area contributed by atoms with E-state index in [9.17, 15) is 18.4 Å². The zero-order chi connectivity index (χ0) is 20.3. The summed E-state index contributed by atoms with van der Waals surface area (Å²) in [7, 11) is 3.48. The van der Waals surface area contributed by atoms with Gasteiger partial charge >= 0.3 is 6.18 Å². The van der Waals surface area contributed by atoms with Crippen LogP contribution in [-0.2, 0) is 12.7 Å². The maximum absolute atomic E-state index is 12.9. The molecule has 1 aromatic carbocycles. The van der Waals surface area contributed by atoms with Crippen molar-refractivity contribution in [2.45, 2.75) is 12.7 Å². The minimum atomic E-state index is -4.42. The van der Waals surface area contributed by atoms with E-state index < -0.39 is 11.7 Å². The summed E-state index contributed by atoms with van der Waals surface area (Å²) in [6.07, 6.45) is -2.96. The lowest BCUT2D eigenvalue weighted by atomic mass is 10.1. The third kappa shape index (κ3) is 4.06. The van der Waals surface area contributed by atoms with Gasteiger partial charge in [-0.05, 0) is 29.8 Å². The highest BCUT2D eigenvalue weighted by molar-refractivity contribution is 5.71. The Labute approximate surface area is 159 Å². The zero-order valence-corrected chi connectivity index (χ0v) is 15.1. The smallest absolute Gasteiger partial charge is 0.416 e. The first kappa shape index (κ1) is 19.2. The van der Waals surface area contributed by atoms with Gasteiger partial charge in [0.25, 0.3) is 0 Å². The van der Waals surface area contributed by atoms with Gasteiger partial charge in [0.05, 0.1) is 11.8 Å². The summed E-state index contributed by atoms with van der Waals surface area (Å²) < 4.78 is 44.1. The van der Waals surface area contributed by atoms with Crippen molar-refractivity contribution in [3.05, 3.63) is 59.4 Å². The number of rotatable bonds is 5. The highest BCUT2D eigenvalue weighted by Crippen LogP contribution is 2.31. The molecule has 0 aliphatic heterocycles. The van der Waals surface area contributed by atoms with Gasteiger partial charge in [0.1, 0.15) is 17.3 Å². The van der Waals surface area contributed by atoms with Crippen molar-refractivity contribution >= 4 is 11.8 Å². The summed E-state index contributed by atoms with van der Waals surface area (Å²) in [4.78, 5) is 10.3. The van der Waals surface area contributed by atoms with Crippen LogP contribution in [0.1, 0.15) is 16.7 Å². The number of nitriles is 1. The van der Waals surface area contributed by atoms with Gasteiger partial charge in [-0.3, -0.25) is 0 Å². The lowest BCUT2D eigenvalue weighted by Crippen LogP contribution is -2.16. The second-order valence-electron chi connectivity index (χ2n) is 6.13. The van der Waals surface area contributed by atoms with E-state index in [0.717, 1.165) is 12.1 Å². The number of hydrogen-bond donors (Lipinski definition) is 1. The standard InChI is InChI=1S/C19H16F3N5O/c1-27(2)18-25-16(15-7-4-8-28-15)14(10-23)17(26-18)24-11-12-5-3-6-13(9-12)19(20,21)22/h3-9H,11H2,1-2H3,(H,24,25,26). The number of furan rings is 1. The molecule has 144 valence electrons. The molecule has 0 amide bonds. The molecule has 0 bridgehead atoms. The highest BCUT2D eigenvalue weighted by Gasteiger charge is 2.30. The van der Waals surface area contributed by atoms with Gasteiger partial charge < -0.3 is 14.6 Å². The topological polar surface area (TPSA) is 78.0 Å². The van der Waals surface area contributed by atoms with Crippen LogP contribution < -0.4 is 10.2 Å². The number of hydrogen-bond acceptors (Lipinski definition) is 6. The van der Waals surface area contributed by atoms with E-state index in [4.69, 9.17) is 4.42 Å². The minimum Gasteiger partial charge on any atom is -0.463 e. The molecule has 2 heterocycles. The van der Waals surface area contributed by atoms with Gasteiger partial charge in [-0.1, -0.05) is 12.1 Å². The van der Waals surface area contributed by atoms with Crippen LogP contribution in [0.2, 0.25) is 0 Å². The Hall–Kier alpha value is -3.54. The molecule has 0 aliphatic rings. The maximum Gasteiger partial charge on any atom is 0.416 e. The van der Waals surface area contributed by atoms with E-state index in [0.29, 0.717) is 23.0 Å². The van der Waals surface area contributed by atoms with E-state index in [2.05, 4.69) is 15.3 Å². The van der Waals surface area contributed by atoms with Crippen LogP contribution >= 0.6 is 0 Å². The first-order valence-corrected chi connectivity index (χ1v) is 8.23. The van der Waals surface area contributed by atoms with Crippen LogP contribution in [0.25, 0.3) is 11.5 Å². The summed E-state index contributed by atoms with van der Waals surface area (Å²) in [5, 5.41) is 12.5. The van der Waals surface area contributed by atoms with Crippen LogP contribution in [-0.4, -0.2) is 24.1 Å². The molecule has 6 nitrogen and oxygen atoms in total. The van der Waals surface area contributed by atoms with Crippen molar-refractivity contribution in [1.82, 2.24) is 9.97 Å². The van der Waals surface area contributed by atoms with Crippen LogP contribution in [0.5, 0.6) is 0 Å². The van der Waals surface area contributed by atoms with E-state index in [-0.39, 0.29) is 17.9 Å². The first-order valence-electron chi connectivity index (χ1n) is 8.23. The minimum absolute atomic E-state index is 0.0556. The van der Waals surface area contributed by atoms with Crippen molar-refractivity contribution in [2.75, 3.05) is 24.3 Å². The monoisotopic (exact) mass is 387 g/mol. The number of halogens is 3. The average molecular weight is 387 g/mol. The molecule has 0 aliphatic carbocycles. The Balaban J connectivity index is 1.97. The SMILES string of the molecule is CN(C)c1nc(NCc2cccc(C(F)(F)F)c2)c(C#N)c(-c2ccco2)n1. The van der Waals surface area contributed by atoms with Gasteiger partial charge in [0.2, 0.25) is 5.95 Å². The van der Waals surface area contributed by atoms with E-state index in [1.807, 2.05) is 6.07 Å². The summed E-state index contributed by atoms with van der Waals surface area (Å²) in [5.74, 6) is 0.936. The number of aromatic nitrogens is 2. The molecule has 1 N–H and O–H groups in total. The van der Waals surface area contributed by atoms with Crippen LogP contribution in [0.15, 0.2) is 47.1 Å². The first-order chi connectivity index (χ1) is 13.3. The molecule has 0 atom stereocenters. The third-order valence-corrected chi connectivity index (χ3v) is 3.88. The van der Waals surface area contributed by atoms with Gasteiger partial charge in [-0.15, -0.1) is 0 Å². The predicted molar refractivity (Wildman–Crippen MR) is 97.5 cm³/mol. The largest absolute Gasteiger partial charge is 0.463 e.